The molecule has 2 aliphatic heterocycles. The molecule has 1 amide bonds. The summed E-state index contributed by atoms with van der Waals surface area (Å²) in [7, 11) is 1.32. The van der Waals surface area contributed by atoms with Crippen LogP contribution in [0.5, 0.6) is 17.2 Å². The lowest BCUT2D eigenvalue weighted by Crippen LogP contribution is -2.49. The van der Waals surface area contributed by atoms with E-state index >= 15 is 0 Å². The fraction of sp³-hybridized carbons (Fsp3) is 0.519. The number of hydrogen-bond donors (Lipinski definition) is 1. The topological polar surface area (TPSA) is 101 Å². The minimum absolute atomic E-state index is 0.120. The molecule has 0 saturated carbocycles. The lowest BCUT2D eigenvalue weighted by atomic mass is 10.1. The van der Waals surface area contributed by atoms with Gasteiger partial charge in [0.1, 0.15) is 28.8 Å². The second-order valence-electron chi connectivity index (χ2n) is 9.76. The Labute approximate surface area is 225 Å². The Morgan fingerprint density at radius 3 is 2.50 bits per heavy atom. The molecule has 10 nitrogen and oxygen atoms in total. The molecule has 1 N–H and O–H groups in total. The molecule has 1 unspecified atom stereocenters. The van der Waals surface area contributed by atoms with Gasteiger partial charge in [-0.3, -0.25) is 9.69 Å². The van der Waals surface area contributed by atoms with Crippen molar-refractivity contribution in [3.05, 3.63) is 48.0 Å². The van der Waals surface area contributed by atoms with Gasteiger partial charge in [0.25, 0.3) is 0 Å². The third-order valence-electron chi connectivity index (χ3n) is 6.96. The van der Waals surface area contributed by atoms with E-state index < -0.39 is 10.0 Å². The average molecular weight is 547 g/mol. The molecule has 2 fully saturated rings. The van der Waals surface area contributed by atoms with E-state index in [0.717, 1.165) is 30.8 Å². The maximum Gasteiger partial charge on any atom is 0.246 e. The predicted octanol–water partition coefficient (Wildman–Crippen LogP) is 1.80. The summed E-state index contributed by atoms with van der Waals surface area (Å²) < 4.78 is 44.6. The molecule has 0 aliphatic carbocycles. The minimum atomic E-state index is -3.70. The van der Waals surface area contributed by atoms with Crippen molar-refractivity contribution >= 4 is 15.9 Å². The molecule has 0 radical (unpaired) electrons. The standard InChI is InChI=1S/C27H38N4O6S/c1-29(20-22-7-10-27(32)28-22)19-21-5-4-6-24(17-21)37-16-15-30-11-13-31(14-12-30)38(33,34)26-18-23(35-2)8-9-25(26)36-3/h4-6,8-9,17-18,22H,7,10-16,19-20H2,1-3H3,(H,28,32). The van der Waals surface area contributed by atoms with Gasteiger partial charge >= 0.3 is 0 Å². The van der Waals surface area contributed by atoms with Gasteiger partial charge in [0.15, 0.2) is 0 Å². The first-order chi connectivity index (χ1) is 18.3. The van der Waals surface area contributed by atoms with Crippen molar-refractivity contribution in [3.8, 4) is 17.2 Å². The number of benzene rings is 2. The van der Waals surface area contributed by atoms with E-state index in [0.29, 0.717) is 57.3 Å². The molecule has 38 heavy (non-hydrogen) atoms. The molecule has 0 spiro atoms. The van der Waals surface area contributed by atoms with Crippen molar-refractivity contribution in [2.75, 3.05) is 67.1 Å². The number of methoxy groups -OCH3 is 2. The van der Waals surface area contributed by atoms with E-state index in [1.54, 1.807) is 12.1 Å². The van der Waals surface area contributed by atoms with Crippen molar-refractivity contribution in [3.63, 3.8) is 0 Å². The number of nitrogens with zero attached hydrogens (tertiary/aromatic N) is 3. The van der Waals surface area contributed by atoms with E-state index in [1.165, 1.54) is 24.6 Å². The van der Waals surface area contributed by atoms with Crippen molar-refractivity contribution < 1.29 is 27.4 Å². The van der Waals surface area contributed by atoms with Crippen LogP contribution in [0.1, 0.15) is 18.4 Å². The molecule has 0 aromatic heterocycles. The third kappa shape index (κ3) is 7.16. The van der Waals surface area contributed by atoms with E-state index in [4.69, 9.17) is 14.2 Å². The molecule has 2 aromatic carbocycles. The first kappa shape index (κ1) is 28.2. The maximum atomic E-state index is 13.3. The Morgan fingerprint density at radius 1 is 1.03 bits per heavy atom. The fourth-order valence-corrected chi connectivity index (χ4v) is 6.50. The molecule has 0 bridgehead atoms. The van der Waals surface area contributed by atoms with E-state index in [2.05, 4.69) is 34.3 Å². The lowest BCUT2D eigenvalue weighted by molar-refractivity contribution is -0.119. The highest BCUT2D eigenvalue weighted by molar-refractivity contribution is 7.89. The van der Waals surface area contributed by atoms with Crippen LogP contribution in [0.4, 0.5) is 0 Å². The number of rotatable bonds is 12. The normalized spacial score (nSPS) is 18.9. The molecule has 2 aromatic rings. The van der Waals surface area contributed by atoms with Crippen LogP contribution in [0.2, 0.25) is 0 Å². The summed E-state index contributed by atoms with van der Waals surface area (Å²) in [6.07, 6.45) is 1.51. The number of carbonyl (C=O) groups excluding carboxylic acids is 1. The number of ether oxygens (including phenoxy) is 3. The van der Waals surface area contributed by atoms with E-state index in [9.17, 15) is 13.2 Å². The summed E-state index contributed by atoms with van der Waals surface area (Å²) in [6, 6.07) is 13.1. The molecule has 11 heteroatoms. The Hall–Kier alpha value is -2.86. The van der Waals surface area contributed by atoms with Gasteiger partial charge in [-0.15, -0.1) is 0 Å². The van der Waals surface area contributed by atoms with Crippen LogP contribution < -0.4 is 19.5 Å². The van der Waals surface area contributed by atoms with Gasteiger partial charge in [0, 0.05) is 64.3 Å². The summed E-state index contributed by atoms with van der Waals surface area (Å²) in [5, 5.41) is 3.01. The Bertz CT molecular complexity index is 1200. The second kappa shape index (κ2) is 12.8. The number of carbonyl (C=O) groups is 1. The van der Waals surface area contributed by atoms with Crippen LogP contribution in [0.3, 0.4) is 0 Å². The number of nitrogens with one attached hydrogen (secondary N) is 1. The van der Waals surface area contributed by atoms with Crippen molar-refractivity contribution in [1.82, 2.24) is 19.4 Å². The molecule has 208 valence electrons. The van der Waals surface area contributed by atoms with Gasteiger partial charge in [0.2, 0.25) is 15.9 Å². The van der Waals surface area contributed by atoms with Crippen LogP contribution in [0.25, 0.3) is 0 Å². The summed E-state index contributed by atoms with van der Waals surface area (Å²) in [5.41, 5.74) is 1.15. The molecular weight excluding hydrogens is 508 g/mol. The first-order valence-electron chi connectivity index (χ1n) is 12.9. The van der Waals surface area contributed by atoms with Gasteiger partial charge in [0.05, 0.1) is 14.2 Å². The Morgan fingerprint density at radius 2 is 1.82 bits per heavy atom. The molecular formula is C27H38N4O6S. The van der Waals surface area contributed by atoms with Crippen molar-refractivity contribution in [2.45, 2.75) is 30.3 Å². The third-order valence-corrected chi connectivity index (χ3v) is 8.88. The fourth-order valence-electron chi connectivity index (χ4n) is 4.91. The highest BCUT2D eigenvalue weighted by Gasteiger charge is 2.31. The van der Waals surface area contributed by atoms with Crippen LogP contribution in [0.15, 0.2) is 47.4 Å². The van der Waals surface area contributed by atoms with Crippen molar-refractivity contribution in [2.24, 2.45) is 0 Å². The van der Waals surface area contributed by atoms with Crippen LogP contribution in [-0.2, 0) is 21.4 Å². The Balaban J connectivity index is 1.23. The monoisotopic (exact) mass is 546 g/mol. The molecule has 2 aliphatic rings. The van der Waals surface area contributed by atoms with E-state index in [-0.39, 0.29) is 16.8 Å². The smallest absolute Gasteiger partial charge is 0.246 e. The zero-order chi connectivity index (χ0) is 27.1. The molecule has 2 saturated heterocycles. The highest BCUT2D eigenvalue weighted by atomic mass is 32.2. The van der Waals surface area contributed by atoms with Crippen LogP contribution in [-0.4, -0.2) is 102 Å². The largest absolute Gasteiger partial charge is 0.497 e. The molecule has 4 rings (SSSR count). The zero-order valence-electron chi connectivity index (χ0n) is 22.4. The highest BCUT2D eigenvalue weighted by Crippen LogP contribution is 2.31. The van der Waals surface area contributed by atoms with Gasteiger partial charge < -0.3 is 24.4 Å². The second-order valence-corrected chi connectivity index (χ2v) is 11.7. The molecule has 1 atom stereocenters. The number of amides is 1. The van der Waals surface area contributed by atoms with Gasteiger partial charge in [-0.1, -0.05) is 12.1 Å². The SMILES string of the molecule is COc1ccc(OC)c(S(=O)(=O)N2CCN(CCOc3cccc(CN(C)CC4CCC(=O)N4)c3)CC2)c1. The molecule has 2 heterocycles. The number of likely N-dealkylation sites (N-methyl/N-ethyl adjacent to an activating group) is 1. The van der Waals surface area contributed by atoms with Gasteiger partial charge in [-0.05, 0) is 43.3 Å². The average Bonchev–Trinajstić information content (AvgIpc) is 3.32. The first-order valence-corrected chi connectivity index (χ1v) is 14.4. The maximum absolute atomic E-state index is 13.3. The Kier molecular flexibility index (Phi) is 9.48. The summed E-state index contributed by atoms with van der Waals surface area (Å²) in [6.45, 7) is 4.86. The quantitative estimate of drug-likeness (QED) is 0.430. The number of sulfonamides is 1. The predicted molar refractivity (Wildman–Crippen MR) is 144 cm³/mol. The zero-order valence-corrected chi connectivity index (χ0v) is 23.2. The van der Waals surface area contributed by atoms with Crippen LogP contribution >= 0.6 is 0 Å². The number of piperazine rings is 1. The summed E-state index contributed by atoms with van der Waals surface area (Å²) in [4.78, 5) is 16.0. The van der Waals surface area contributed by atoms with Gasteiger partial charge in [-0.2, -0.15) is 4.31 Å². The summed E-state index contributed by atoms with van der Waals surface area (Å²) >= 11 is 0. The van der Waals surface area contributed by atoms with E-state index in [1.807, 2.05) is 12.1 Å². The number of hydrogen-bond acceptors (Lipinski definition) is 8. The van der Waals surface area contributed by atoms with Gasteiger partial charge in [-0.25, -0.2) is 8.42 Å². The van der Waals surface area contributed by atoms with Crippen LogP contribution in [0, 0.1) is 0 Å². The minimum Gasteiger partial charge on any atom is -0.497 e. The summed E-state index contributed by atoms with van der Waals surface area (Å²) in [5.74, 6) is 1.73. The lowest BCUT2D eigenvalue weighted by Gasteiger charge is -2.34. The van der Waals surface area contributed by atoms with Crippen molar-refractivity contribution in [1.29, 1.82) is 0 Å².